The Labute approximate surface area is 142 Å². The van der Waals surface area contributed by atoms with Gasteiger partial charge in [-0.05, 0) is 23.8 Å². The Morgan fingerprint density at radius 1 is 1.08 bits per heavy atom. The van der Waals surface area contributed by atoms with Gasteiger partial charge in [-0.2, -0.15) is 13.2 Å². The number of rotatable bonds is 4. The van der Waals surface area contributed by atoms with Crippen molar-refractivity contribution >= 4 is 20.7 Å². The van der Waals surface area contributed by atoms with Gasteiger partial charge in [0.1, 0.15) is 10.6 Å². The van der Waals surface area contributed by atoms with E-state index in [4.69, 9.17) is 4.74 Å². The number of benzene rings is 2. The average molecular weight is 369 g/mol. The van der Waals surface area contributed by atoms with Crippen LogP contribution in [0.25, 0.3) is 10.9 Å². The lowest BCUT2D eigenvalue weighted by molar-refractivity contribution is -0.0435. The summed E-state index contributed by atoms with van der Waals surface area (Å²) in [5.74, 6) is 0.281. The van der Waals surface area contributed by atoms with Crippen LogP contribution in [0.3, 0.4) is 0 Å². The number of aromatic nitrogens is 1. The fourth-order valence-corrected chi connectivity index (χ4v) is 3.59. The van der Waals surface area contributed by atoms with E-state index in [2.05, 4.69) is 0 Å². The zero-order chi connectivity index (χ0) is 18.2. The molecule has 4 nitrogen and oxygen atoms in total. The maximum Gasteiger partial charge on any atom is 0.501 e. The molecule has 0 bridgehead atoms. The van der Waals surface area contributed by atoms with E-state index in [9.17, 15) is 21.6 Å². The van der Waals surface area contributed by atoms with Gasteiger partial charge in [-0.1, -0.05) is 30.3 Å². The Hall–Kier alpha value is -2.48. The van der Waals surface area contributed by atoms with Crippen LogP contribution in [-0.2, 0) is 16.4 Å². The van der Waals surface area contributed by atoms with E-state index in [0.717, 1.165) is 11.8 Å². The molecular weight excluding hydrogens is 355 g/mol. The van der Waals surface area contributed by atoms with Crippen LogP contribution in [-0.4, -0.2) is 25.6 Å². The number of halogens is 3. The molecule has 0 aliphatic rings. The van der Waals surface area contributed by atoms with Crippen molar-refractivity contribution in [3.63, 3.8) is 0 Å². The molecule has 0 saturated carbocycles. The van der Waals surface area contributed by atoms with Gasteiger partial charge in [-0.15, -0.1) is 0 Å². The number of hydrogen-bond acceptors (Lipinski definition) is 3. The molecule has 0 saturated heterocycles. The van der Waals surface area contributed by atoms with Crippen molar-refractivity contribution in [2.24, 2.45) is 0 Å². The lowest BCUT2D eigenvalue weighted by atomic mass is 10.2. The van der Waals surface area contributed by atoms with Crippen LogP contribution in [0.4, 0.5) is 13.2 Å². The molecule has 25 heavy (non-hydrogen) atoms. The summed E-state index contributed by atoms with van der Waals surface area (Å²) in [4.78, 5) is -0.773. The molecule has 0 spiro atoms. The molecule has 1 heterocycles. The standard InChI is InChI=1S/C17H14F3NO3S/c1-24-13-7-8-15-14(9-13)16(25(22,23)17(18,19)20)11-21(15)10-12-5-3-2-4-6-12/h2-9,11H,10H2,1H3. The van der Waals surface area contributed by atoms with E-state index in [-0.39, 0.29) is 17.7 Å². The van der Waals surface area contributed by atoms with Crippen LogP contribution < -0.4 is 4.74 Å². The Balaban J connectivity index is 2.23. The summed E-state index contributed by atoms with van der Waals surface area (Å²) >= 11 is 0. The summed E-state index contributed by atoms with van der Waals surface area (Å²) in [6.07, 6.45) is 1.03. The Bertz CT molecular complexity index is 1010. The first-order valence-electron chi connectivity index (χ1n) is 7.26. The summed E-state index contributed by atoms with van der Waals surface area (Å²) in [6, 6.07) is 13.5. The van der Waals surface area contributed by atoms with Gasteiger partial charge in [0.2, 0.25) is 0 Å². The van der Waals surface area contributed by atoms with Crippen molar-refractivity contribution in [2.75, 3.05) is 7.11 Å². The molecule has 2 aromatic carbocycles. The van der Waals surface area contributed by atoms with E-state index in [1.54, 1.807) is 24.3 Å². The molecule has 0 N–H and O–H groups in total. The van der Waals surface area contributed by atoms with E-state index in [1.165, 1.54) is 17.7 Å². The normalized spacial score (nSPS) is 12.5. The fraction of sp³-hybridized carbons (Fsp3) is 0.176. The zero-order valence-corrected chi connectivity index (χ0v) is 13.9. The minimum Gasteiger partial charge on any atom is -0.497 e. The van der Waals surface area contributed by atoms with E-state index in [0.29, 0.717) is 5.52 Å². The first kappa shape index (κ1) is 17.3. The minimum atomic E-state index is -5.48. The lowest BCUT2D eigenvalue weighted by Crippen LogP contribution is -2.23. The molecule has 3 aromatic rings. The van der Waals surface area contributed by atoms with Crippen LogP contribution in [0.1, 0.15) is 5.56 Å². The summed E-state index contributed by atoms with van der Waals surface area (Å²) in [7, 11) is -4.11. The van der Waals surface area contributed by atoms with E-state index < -0.39 is 20.2 Å². The van der Waals surface area contributed by atoms with Gasteiger partial charge >= 0.3 is 5.51 Å². The Morgan fingerprint density at radius 3 is 2.36 bits per heavy atom. The molecule has 0 radical (unpaired) electrons. The topological polar surface area (TPSA) is 48.3 Å². The number of sulfone groups is 1. The molecule has 0 fully saturated rings. The first-order chi connectivity index (χ1) is 11.7. The van der Waals surface area contributed by atoms with Crippen molar-refractivity contribution in [1.29, 1.82) is 0 Å². The quantitative estimate of drug-likeness (QED) is 0.699. The number of alkyl halides is 3. The molecular formula is C17H14F3NO3S. The van der Waals surface area contributed by atoms with Crippen LogP contribution in [0.5, 0.6) is 5.75 Å². The summed E-state index contributed by atoms with van der Waals surface area (Å²) in [5, 5.41) is -0.0207. The third-order valence-electron chi connectivity index (χ3n) is 3.84. The van der Waals surface area contributed by atoms with Crippen molar-refractivity contribution in [3.8, 4) is 5.75 Å². The number of hydrogen-bond donors (Lipinski definition) is 0. The number of fused-ring (bicyclic) bond motifs is 1. The van der Waals surface area contributed by atoms with Crippen molar-refractivity contribution in [1.82, 2.24) is 4.57 Å². The van der Waals surface area contributed by atoms with Gasteiger partial charge < -0.3 is 9.30 Å². The molecule has 0 aliphatic heterocycles. The maximum atomic E-state index is 13.0. The molecule has 3 rings (SSSR count). The van der Waals surface area contributed by atoms with Gasteiger partial charge in [0.25, 0.3) is 9.84 Å². The predicted octanol–water partition coefficient (Wildman–Crippen LogP) is 3.99. The van der Waals surface area contributed by atoms with E-state index in [1.807, 2.05) is 18.2 Å². The second kappa shape index (κ2) is 6.11. The van der Waals surface area contributed by atoms with Gasteiger partial charge in [0, 0.05) is 23.6 Å². The monoisotopic (exact) mass is 369 g/mol. The maximum absolute atomic E-state index is 13.0. The Morgan fingerprint density at radius 2 is 1.76 bits per heavy atom. The summed E-state index contributed by atoms with van der Waals surface area (Å²) in [6.45, 7) is 0.247. The predicted molar refractivity (Wildman–Crippen MR) is 87.3 cm³/mol. The van der Waals surface area contributed by atoms with Gasteiger partial charge in [0.15, 0.2) is 0 Å². The van der Waals surface area contributed by atoms with Gasteiger partial charge in [-0.25, -0.2) is 8.42 Å². The second-order valence-electron chi connectivity index (χ2n) is 5.44. The van der Waals surface area contributed by atoms with Crippen LogP contribution in [0.2, 0.25) is 0 Å². The minimum absolute atomic E-state index is 0.0207. The second-order valence-corrected chi connectivity index (χ2v) is 7.35. The highest BCUT2D eigenvalue weighted by Crippen LogP contribution is 2.37. The van der Waals surface area contributed by atoms with Crippen LogP contribution in [0.15, 0.2) is 59.6 Å². The molecule has 0 unspecified atom stereocenters. The van der Waals surface area contributed by atoms with Gasteiger partial charge in [-0.3, -0.25) is 0 Å². The molecule has 1 aromatic heterocycles. The molecule has 0 amide bonds. The molecule has 0 aliphatic carbocycles. The fourth-order valence-electron chi connectivity index (χ4n) is 2.62. The SMILES string of the molecule is COc1ccc2c(c1)c(S(=O)(=O)C(F)(F)F)cn2Cc1ccccc1. The third-order valence-corrected chi connectivity index (χ3v) is 5.36. The Kier molecular flexibility index (Phi) is 4.24. The van der Waals surface area contributed by atoms with Crippen LogP contribution >= 0.6 is 0 Å². The number of methoxy groups -OCH3 is 1. The largest absolute Gasteiger partial charge is 0.501 e. The summed E-state index contributed by atoms with van der Waals surface area (Å²) in [5.41, 5.74) is -4.15. The molecule has 132 valence electrons. The zero-order valence-electron chi connectivity index (χ0n) is 13.1. The highest BCUT2D eigenvalue weighted by Gasteiger charge is 2.48. The average Bonchev–Trinajstić information content (AvgIpc) is 2.93. The van der Waals surface area contributed by atoms with E-state index >= 15 is 0 Å². The lowest BCUT2D eigenvalue weighted by Gasteiger charge is -2.07. The highest BCUT2D eigenvalue weighted by molar-refractivity contribution is 7.92. The van der Waals surface area contributed by atoms with Crippen molar-refractivity contribution < 1.29 is 26.3 Å². The molecule has 0 atom stereocenters. The first-order valence-corrected chi connectivity index (χ1v) is 8.74. The molecule has 8 heteroatoms. The number of ether oxygens (including phenoxy) is 1. The van der Waals surface area contributed by atoms with Crippen molar-refractivity contribution in [3.05, 3.63) is 60.3 Å². The summed E-state index contributed by atoms with van der Waals surface area (Å²) < 4.78 is 69.5. The number of nitrogens with zero attached hydrogens (tertiary/aromatic N) is 1. The van der Waals surface area contributed by atoms with Gasteiger partial charge in [0.05, 0.1) is 7.11 Å². The smallest absolute Gasteiger partial charge is 0.497 e. The highest BCUT2D eigenvalue weighted by atomic mass is 32.2. The third kappa shape index (κ3) is 3.09. The van der Waals surface area contributed by atoms with Crippen molar-refractivity contribution in [2.45, 2.75) is 16.9 Å². The van der Waals surface area contributed by atoms with Crippen LogP contribution in [0, 0.1) is 0 Å².